The molecule has 108 valence electrons. The highest BCUT2D eigenvalue weighted by Gasteiger charge is 2.20. The molecule has 2 amide bonds. The Kier molecular flexibility index (Phi) is 4.77. The van der Waals surface area contributed by atoms with E-state index in [-0.39, 0.29) is 11.8 Å². The predicted molar refractivity (Wildman–Crippen MR) is 79.6 cm³/mol. The van der Waals surface area contributed by atoms with Crippen molar-refractivity contribution in [3.63, 3.8) is 0 Å². The van der Waals surface area contributed by atoms with E-state index in [1.165, 1.54) is 0 Å². The van der Waals surface area contributed by atoms with Crippen molar-refractivity contribution in [2.24, 2.45) is 0 Å². The Labute approximate surface area is 120 Å². The molecule has 0 N–H and O–H groups in total. The summed E-state index contributed by atoms with van der Waals surface area (Å²) in [6.45, 7) is 5.71. The lowest BCUT2D eigenvalue weighted by molar-refractivity contribution is -0.129. The number of rotatable bonds is 4. The van der Waals surface area contributed by atoms with Crippen LogP contribution in [0, 0.1) is 6.92 Å². The van der Waals surface area contributed by atoms with Crippen LogP contribution in [0.3, 0.4) is 0 Å². The van der Waals surface area contributed by atoms with Gasteiger partial charge in [0.25, 0.3) is 0 Å². The summed E-state index contributed by atoms with van der Waals surface area (Å²) < 4.78 is 0. The van der Waals surface area contributed by atoms with Crippen LogP contribution >= 0.6 is 0 Å². The molecule has 4 heteroatoms. The fraction of sp³-hybridized carbons (Fsp3) is 0.500. The van der Waals surface area contributed by atoms with Gasteiger partial charge in [0.05, 0.1) is 0 Å². The summed E-state index contributed by atoms with van der Waals surface area (Å²) in [5.41, 5.74) is 1.95. The molecule has 1 fully saturated rings. The second-order valence-electron chi connectivity index (χ2n) is 5.30. The fourth-order valence-electron chi connectivity index (χ4n) is 2.65. The maximum atomic E-state index is 12.1. The number of hydrogen-bond donors (Lipinski definition) is 0. The molecule has 1 aromatic rings. The summed E-state index contributed by atoms with van der Waals surface area (Å²) in [7, 11) is 0. The Balaban J connectivity index is 2.01. The van der Waals surface area contributed by atoms with Gasteiger partial charge in [0, 0.05) is 38.7 Å². The molecule has 1 aliphatic heterocycles. The van der Waals surface area contributed by atoms with Gasteiger partial charge in [-0.2, -0.15) is 0 Å². The molecule has 20 heavy (non-hydrogen) atoms. The van der Waals surface area contributed by atoms with Crippen LogP contribution in [0.2, 0.25) is 0 Å². The standard InChI is InChI=1S/C16H22N2O2/c1-13-7-3-4-8-15(13)18(14(2)19)12-9-16(20)17-10-5-6-11-17/h3-4,7-8H,5-6,9-12H2,1-2H3. The second-order valence-corrected chi connectivity index (χ2v) is 5.30. The first-order valence-corrected chi connectivity index (χ1v) is 7.21. The number of carbonyl (C=O) groups is 2. The van der Waals surface area contributed by atoms with Gasteiger partial charge in [-0.1, -0.05) is 18.2 Å². The highest BCUT2D eigenvalue weighted by atomic mass is 16.2. The number of carbonyl (C=O) groups excluding carboxylic acids is 2. The summed E-state index contributed by atoms with van der Waals surface area (Å²) >= 11 is 0. The lowest BCUT2D eigenvalue weighted by Gasteiger charge is -2.24. The Morgan fingerprint density at radius 3 is 2.45 bits per heavy atom. The van der Waals surface area contributed by atoms with Crippen LogP contribution in [0.1, 0.15) is 31.7 Å². The number of benzene rings is 1. The van der Waals surface area contributed by atoms with Crippen molar-refractivity contribution in [1.29, 1.82) is 0 Å². The average molecular weight is 274 g/mol. The van der Waals surface area contributed by atoms with E-state index in [9.17, 15) is 9.59 Å². The summed E-state index contributed by atoms with van der Waals surface area (Å²) in [4.78, 5) is 27.5. The molecule has 1 aromatic carbocycles. The van der Waals surface area contributed by atoms with Crippen molar-refractivity contribution in [2.75, 3.05) is 24.5 Å². The Bertz CT molecular complexity index is 493. The van der Waals surface area contributed by atoms with E-state index in [1.807, 2.05) is 36.1 Å². The van der Waals surface area contributed by atoms with Gasteiger partial charge in [-0.05, 0) is 31.4 Å². The largest absolute Gasteiger partial charge is 0.343 e. The molecule has 1 saturated heterocycles. The third-order valence-corrected chi connectivity index (χ3v) is 3.79. The molecule has 0 bridgehead atoms. The maximum absolute atomic E-state index is 12.1. The van der Waals surface area contributed by atoms with Gasteiger partial charge in [-0.15, -0.1) is 0 Å². The van der Waals surface area contributed by atoms with Crippen LogP contribution in [0.4, 0.5) is 5.69 Å². The molecule has 1 aliphatic rings. The minimum Gasteiger partial charge on any atom is -0.343 e. The quantitative estimate of drug-likeness (QED) is 0.845. The summed E-state index contributed by atoms with van der Waals surface area (Å²) in [5, 5.41) is 0. The van der Waals surface area contributed by atoms with Crippen LogP contribution in [0.15, 0.2) is 24.3 Å². The maximum Gasteiger partial charge on any atom is 0.224 e. The normalized spacial score (nSPS) is 14.4. The topological polar surface area (TPSA) is 40.6 Å². The van der Waals surface area contributed by atoms with Gasteiger partial charge in [-0.3, -0.25) is 9.59 Å². The molecule has 2 rings (SSSR count). The molecular formula is C16H22N2O2. The first-order chi connectivity index (χ1) is 9.59. The van der Waals surface area contributed by atoms with E-state index < -0.39 is 0 Å². The Hall–Kier alpha value is -1.84. The lowest BCUT2D eigenvalue weighted by Crippen LogP contribution is -2.35. The van der Waals surface area contributed by atoms with E-state index in [4.69, 9.17) is 0 Å². The smallest absolute Gasteiger partial charge is 0.224 e. The minimum absolute atomic E-state index is 0.0199. The predicted octanol–water partition coefficient (Wildman–Crippen LogP) is 2.36. The van der Waals surface area contributed by atoms with Gasteiger partial charge in [0.1, 0.15) is 0 Å². The summed E-state index contributed by atoms with van der Waals surface area (Å²) in [6.07, 6.45) is 2.59. The number of amides is 2. The number of anilines is 1. The molecule has 0 aliphatic carbocycles. The van der Waals surface area contributed by atoms with E-state index in [1.54, 1.807) is 11.8 Å². The van der Waals surface area contributed by atoms with Crippen LogP contribution < -0.4 is 4.90 Å². The van der Waals surface area contributed by atoms with Gasteiger partial charge >= 0.3 is 0 Å². The van der Waals surface area contributed by atoms with Crippen molar-refractivity contribution in [3.05, 3.63) is 29.8 Å². The van der Waals surface area contributed by atoms with Crippen molar-refractivity contribution in [1.82, 2.24) is 4.90 Å². The zero-order valence-corrected chi connectivity index (χ0v) is 12.3. The first kappa shape index (κ1) is 14.6. The lowest BCUT2D eigenvalue weighted by atomic mass is 10.1. The molecular weight excluding hydrogens is 252 g/mol. The number of likely N-dealkylation sites (tertiary alicyclic amines) is 1. The van der Waals surface area contributed by atoms with Crippen molar-refractivity contribution < 1.29 is 9.59 Å². The third kappa shape index (κ3) is 3.38. The number of nitrogens with zero attached hydrogens (tertiary/aromatic N) is 2. The molecule has 0 spiro atoms. The van der Waals surface area contributed by atoms with Gasteiger partial charge in [0.2, 0.25) is 11.8 Å². The van der Waals surface area contributed by atoms with Crippen molar-refractivity contribution >= 4 is 17.5 Å². The zero-order valence-electron chi connectivity index (χ0n) is 12.3. The summed E-state index contributed by atoms with van der Waals surface area (Å²) in [6, 6.07) is 7.78. The Morgan fingerprint density at radius 1 is 1.20 bits per heavy atom. The average Bonchev–Trinajstić information content (AvgIpc) is 2.94. The molecule has 0 aromatic heterocycles. The zero-order chi connectivity index (χ0) is 14.5. The van der Waals surface area contributed by atoms with Crippen LogP contribution in [0.25, 0.3) is 0 Å². The van der Waals surface area contributed by atoms with Gasteiger partial charge in [0.15, 0.2) is 0 Å². The van der Waals surface area contributed by atoms with Crippen LogP contribution in [-0.4, -0.2) is 36.3 Å². The number of para-hydroxylation sites is 1. The molecule has 0 atom stereocenters. The summed E-state index contributed by atoms with van der Waals surface area (Å²) in [5.74, 6) is 0.135. The molecule has 0 unspecified atom stereocenters. The van der Waals surface area contributed by atoms with Crippen molar-refractivity contribution in [3.8, 4) is 0 Å². The SMILES string of the molecule is CC(=O)N(CCC(=O)N1CCCC1)c1ccccc1C. The number of hydrogen-bond acceptors (Lipinski definition) is 2. The fourth-order valence-corrected chi connectivity index (χ4v) is 2.65. The highest BCUT2D eigenvalue weighted by Crippen LogP contribution is 2.20. The first-order valence-electron chi connectivity index (χ1n) is 7.21. The van der Waals surface area contributed by atoms with Gasteiger partial charge < -0.3 is 9.80 Å². The second kappa shape index (κ2) is 6.55. The molecule has 0 radical (unpaired) electrons. The van der Waals surface area contributed by atoms with Crippen molar-refractivity contribution in [2.45, 2.75) is 33.1 Å². The van der Waals surface area contributed by atoms with E-state index >= 15 is 0 Å². The van der Waals surface area contributed by atoms with E-state index in [0.29, 0.717) is 13.0 Å². The van der Waals surface area contributed by atoms with E-state index in [0.717, 1.165) is 37.2 Å². The molecule has 4 nitrogen and oxygen atoms in total. The molecule has 0 saturated carbocycles. The Morgan fingerprint density at radius 2 is 1.85 bits per heavy atom. The van der Waals surface area contributed by atoms with Gasteiger partial charge in [-0.25, -0.2) is 0 Å². The minimum atomic E-state index is -0.0199. The van der Waals surface area contributed by atoms with Crippen LogP contribution in [0.5, 0.6) is 0 Å². The third-order valence-electron chi connectivity index (χ3n) is 3.79. The molecule has 1 heterocycles. The van der Waals surface area contributed by atoms with E-state index in [2.05, 4.69) is 0 Å². The monoisotopic (exact) mass is 274 g/mol. The van der Waals surface area contributed by atoms with Crippen LogP contribution in [-0.2, 0) is 9.59 Å². The highest BCUT2D eigenvalue weighted by molar-refractivity contribution is 5.93. The number of aryl methyl sites for hydroxylation is 1.